The van der Waals surface area contributed by atoms with Crippen LogP contribution in [0, 0.1) is 5.82 Å². The number of nitrogens with one attached hydrogen (secondary N) is 2. The highest BCUT2D eigenvalue weighted by atomic mass is 19.1. The van der Waals surface area contributed by atoms with Crippen LogP contribution in [0.4, 0.5) is 10.3 Å². The van der Waals surface area contributed by atoms with Gasteiger partial charge in [-0.2, -0.15) is 0 Å². The number of piperazine rings is 1. The van der Waals surface area contributed by atoms with E-state index < -0.39 is 0 Å². The second-order valence-electron chi connectivity index (χ2n) is 6.19. The average Bonchev–Trinajstić information content (AvgIpc) is 2.65. The van der Waals surface area contributed by atoms with Crippen molar-refractivity contribution in [2.45, 2.75) is 6.42 Å². The molecule has 1 aliphatic rings. The molecule has 0 atom stereocenters. The average molecular weight is 344 g/mol. The molecule has 0 spiro atoms. The van der Waals surface area contributed by atoms with E-state index in [1.165, 1.54) is 17.0 Å². The number of benzene rings is 1. The molecule has 0 aliphatic carbocycles. The Kier molecular flexibility index (Phi) is 5.90. The fraction of sp³-hybridized carbons (Fsp3) is 0.389. The second kappa shape index (κ2) is 8.53. The van der Waals surface area contributed by atoms with Gasteiger partial charge in [-0.1, -0.05) is 12.1 Å². The second-order valence-corrected chi connectivity index (χ2v) is 6.19. The first-order valence-corrected chi connectivity index (χ1v) is 8.57. The van der Waals surface area contributed by atoms with Crippen molar-refractivity contribution in [1.82, 2.24) is 15.3 Å². The highest BCUT2D eigenvalue weighted by molar-refractivity contribution is 5.76. The van der Waals surface area contributed by atoms with Crippen molar-refractivity contribution >= 4 is 11.9 Å². The van der Waals surface area contributed by atoms with Crippen molar-refractivity contribution < 1.29 is 14.1 Å². The summed E-state index contributed by atoms with van der Waals surface area (Å²) in [5, 5.41) is 2.94. The van der Waals surface area contributed by atoms with Crippen LogP contribution in [0.2, 0.25) is 0 Å². The molecule has 25 heavy (non-hydrogen) atoms. The molecule has 132 valence electrons. The van der Waals surface area contributed by atoms with Crippen molar-refractivity contribution in [2.24, 2.45) is 0 Å². The van der Waals surface area contributed by atoms with E-state index in [1.807, 2.05) is 0 Å². The van der Waals surface area contributed by atoms with E-state index in [0.29, 0.717) is 19.5 Å². The molecular weight excluding hydrogens is 321 g/mol. The maximum atomic E-state index is 12.8. The molecule has 1 aliphatic heterocycles. The number of carbonyl (C=O) groups excluding carboxylic acids is 1. The number of aromatic nitrogens is 2. The molecule has 1 aromatic carbocycles. The number of hydrogen-bond acceptors (Lipinski definition) is 4. The van der Waals surface area contributed by atoms with E-state index in [1.54, 1.807) is 30.6 Å². The summed E-state index contributed by atoms with van der Waals surface area (Å²) in [6.45, 7) is 4.53. The lowest BCUT2D eigenvalue weighted by Crippen LogP contribution is -3.16. The number of nitrogens with zero attached hydrogens (tertiary/aromatic N) is 3. The minimum atomic E-state index is -0.239. The van der Waals surface area contributed by atoms with Crippen LogP contribution in [0.15, 0.2) is 42.7 Å². The minimum Gasteiger partial charge on any atom is -0.351 e. The summed E-state index contributed by atoms with van der Waals surface area (Å²) >= 11 is 0. The maximum absolute atomic E-state index is 12.8. The van der Waals surface area contributed by atoms with Crippen LogP contribution in [0.25, 0.3) is 0 Å². The van der Waals surface area contributed by atoms with E-state index in [4.69, 9.17) is 0 Å². The maximum Gasteiger partial charge on any atom is 0.275 e. The highest BCUT2D eigenvalue weighted by Crippen LogP contribution is 2.04. The predicted molar refractivity (Wildman–Crippen MR) is 92.9 cm³/mol. The molecule has 1 amide bonds. The summed E-state index contributed by atoms with van der Waals surface area (Å²) in [4.78, 5) is 24.0. The zero-order valence-electron chi connectivity index (χ0n) is 14.1. The number of halogens is 1. The van der Waals surface area contributed by atoms with Crippen LogP contribution in [-0.4, -0.2) is 55.1 Å². The Morgan fingerprint density at radius 1 is 1.16 bits per heavy atom. The molecule has 6 nitrogen and oxygen atoms in total. The van der Waals surface area contributed by atoms with Gasteiger partial charge in [-0.15, -0.1) is 0 Å². The molecule has 0 saturated carbocycles. The number of rotatable bonds is 6. The quantitative estimate of drug-likeness (QED) is 0.754. The summed E-state index contributed by atoms with van der Waals surface area (Å²) < 4.78 is 12.8. The smallest absolute Gasteiger partial charge is 0.275 e. The molecule has 1 saturated heterocycles. The highest BCUT2D eigenvalue weighted by Gasteiger charge is 2.23. The fourth-order valence-corrected chi connectivity index (χ4v) is 2.94. The van der Waals surface area contributed by atoms with Gasteiger partial charge in [0.15, 0.2) is 6.54 Å². The van der Waals surface area contributed by atoms with Gasteiger partial charge >= 0.3 is 0 Å². The van der Waals surface area contributed by atoms with Crippen molar-refractivity contribution in [2.75, 3.05) is 44.2 Å². The molecule has 2 N–H and O–H groups in total. The lowest BCUT2D eigenvalue weighted by Gasteiger charge is -2.31. The summed E-state index contributed by atoms with van der Waals surface area (Å²) in [5.74, 6) is 0.572. The topological polar surface area (TPSA) is 62.6 Å². The standard InChI is InChI=1S/C18H22FN5O/c19-16-4-2-15(3-5-16)6-9-20-17(25)14-23-10-12-24(13-11-23)18-21-7-1-8-22-18/h1-5,7-8H,6,9-14H2,(H,20,25)/p+1. The third kappa shape index (κ3) is 5.22. The van der Waals surface area contributed by atoms with Crippen LogP contribution >= 0.6 is 0 Å². The van der Waals surface area contributed by atoms with E-state index in [2.05, 4.69) is 20.2 Å². The zero-order chi connectivity index (χ0) is 17.5. The first kappa shape index (κ1) is 17.3. The largest absolute Gasteiger partial charge is 0.351 e. The van der Waals surface area contributed by atoms with E-state index >= 15 is 0 Å². The zero-order valence-corrected chi connectivity index (χ0v) is 14.1. The Hall–Kier alpha value is -2.54. The molecule has 2 aromatic rings. The molecule has 1 aromatic heterocycles. The molecule has 0 unspecified atom stereocenters. The lowest BCUT2D eigenvalue weighted by atomic mass is 10.1. The van der Waals surface area contributed by atoms with Gasteiger partial charge in [0.25, 0.3) is 5.91 Å². The molecule has 7 heteroatoms. The Bertz CT molecular complexity index is 672. The van der Waals surface area contributed by atoms with Crippen molar-refractivity contribution in [3.05, 3.63) is 54.1 Å². The number of amides is 1. The normalized spacial score (nSPS) is 15.2. The van der Waals surface area contributed by atoms with E-state index in [-0.39, 0.29) is 11.7 Å². The summed E-state index contributed by atoms with van der Waals surface area (Å²) in [5.41, 5.74) is 1.02. The molecule has 0 bridgehead atoms. The van der Waals surface area contributed by atoms with Crippen molar-refractivity contribution in [3.63, 3.8) is 0 Å². The Labute approximate surface area is 146 Å². The Morgan fingerprint density at radius 2 is 1.84 bits per heavy atom. The van der Waals surface area contributed by atoms with Crippen LogP contribution < -0.4 is 15.1 Å². The van der Waals surface area contributed by atoms with Gasteiger partial charge in [-0.05, 0) is 30.2 Å². The summed E-state index contributed by atoms with van der Waals surface area (Å²) in [6.07, 6.45) is 4.20. The number of hydrogen-bond donors (Lipinski definition) is 2. The van der Waals surface area contributed by atoms with Crippen LogP contribution in [0.1, 0.15) is 5.56 Å². The summed E-state index contributed by atoms with van der Waals surface area (Å²) in [7, 11) is 0. The minimum absolute atomic E-state index is 0.0570. The number of carbonyl (C=O) groups is 1. The summed E-state index contributed by atoms with van der Waals surface area (Å²) in [6, 6.07) is 8.19. The van der Waals surface area contributed by atoms with Crippen LogP contribution in [0.3, 0.4) is 0 Å². The SMILES string of the molecule is O=C(C[NH+]1CCN(c2ncccn2)CC1)NCCc1ccc(F)cc1. The third-order valence-corrected chi connectivity index (χ3v) is 4.37. The Morgan fingerprint density at radius 3 is 2.52 bits per heavy atom. The number of quaternary nitrogens is 1. The Balaban J connectivity index is 1.35. The van der Waals surface area contributed by atoms with Crippen molar-refractivity contribution in [1.29, 1.82) is 0 Å². The van der Waals surface area contributed by atoms with Gasteiger partial charge in [0.1, 0.15) is 5.82 Å². The third-order valence-electron chi connectivity index (χ3n) is 4.37. The first-order chi connectivity index (χ1) is 12.2. The molecule has 1 fully saturated rings. The van der Waals surface area contributed by atoms with Crippen molar-refractivity contribution in [3.8, 4) is 0 Å². The molecule has 3 rings (SSSR count). The van der Waals surface area contributed by atoms with Gasteiger partial charge in [0, 0.05) is 18.9 Å². The first-order valence-electron chi connectivity index (χ1n) is 8.57. The van der Waals surface area contributed by atoms with Gasteiger partial charge in [-0.3, -0.25) is 4.79 Å². The van der Waals surface area contributed by atoms with Gasteiger partial charge < -0.3 is 15.1 Å². The van der Waals surface area contributed by atoms with Crippen LogP contribution in [0.5, 0.6) is 0 Å². The lowest BCUT2D eigenvalue weighted by molar-refractivity contribution is -0.892. The molecule has 0 radical (unpaired) electrons. The molecular formula is C18H23FN5O+. The van der Waals surface area contributed by atoms with Gasteiger partial charge in [-0.25, -0.2) is 14.4 Å². The fourth-order valence-electron chi connectivity index (χ4n) is 2.94. The van der Waals surface area contributed by atoms with E-state index in [0.717, 1.165) is 37.7 Å². The predicted octanol–water partition coefficient (Wildman–Crippen LogP) is -0.320. The van der Waals surface area contributed by atoms with Gasteiger partial charge in [0.2, 0.25) is 5.95 Å². The monoisotopic (exact) mass is 344 g/mol. The van der Waals surface area contributed by atoms with Crippen LogP contribution in [-0.2, 0) is 11.2 Å². The van der Waals surface area contributed by atoms with Gasteiger partial charge in [0.05, 0.1) is 26.2 Å². The van der Waals surface area contributed by atoms with E-state index in [9.17, 15) is 9.18 Å². The number of anilines is 1. The molecule has 2 heterocycles.